The Kier molecular flexibility index (Phi) is 5.42. The van der Waals surface area contributed by atoms with Gasteiger partial charge in [0, 0.05) is 4.90 Å². The molecule has 0 bridgehead atoms. The minimum atomic E-state index is -4.55. The fourth-order valence-electron chi connectivity index (χ4n) is 1.44. The zero-order chi connectivity index (χ0) is 15.3. The summed E-state index contributed by atoms with van der Waals surface area (Å²) in [6, 6.07) is 3.62. The van der Waals surface area contributed by atoms with Crippen LogP contribution < -0.4 is 0 Å². The smallest absolute Gasteiger partial charge is 0.446 e. The lowest BCUT2D eigenvalue weighted by atomic mass is 10.0. The second kappa shape index (κ2) is 6.63. The van der Waals surface area contributed by atoms with Crippen molar-refractivity contribution in [3.05, 3.63) is 28.8 Å². The molecule has 0 saturated carbocycles. The number of nitriles is 1. The molecule has 1 rings (SSSR count). The average Bonchev–Trinajstić information content (AvgIpc) is 2.36. The number of benzene rings is 1. The first-order valence-corrected chi connectivity index (χ1v) is 6.24. The number of halogens is 3. The molecule has 0 aliphatic heterocycles. The lowest BCUT2D eigenvalue weighted by Crippen LogP contribution is -2.09. The summed E-state index contributed by atoms with van der Waals surface area (Å²) in [5, 5.41) is 18.0. The molecule has 0 saturated heterocycles. The van der Waals surface area contributed by atoms with Crippen molar-refractivity contribution < 1.29 is 27.8 Å². The van der Waals surface area contributed by atoms with Crippen LogP contribution >= 0.6 is 11.8 Å². The van der Waals surface area contributed by atoms with Gasteiger partial charge in [0.15, 0.2) is 0 Å². The number of aliphatic hydroxyl groups excluding tert-OH is 1. The van der Waals surface area contributed by atoms with Crippen LogP contribution in [-0.4, -0.2) is 23.2 Å². The minimum absolute atomic E-state index is 0.0667. The first-order chi connectivity index (χ1) is 9.32. The number of carbonyl (C=O) groups is 1. The second-order valence-corrected chi connectivity index (χ2v) is 4.65. The first-order valence-electron chi connectivity index (χ1n) is 5.43. The van der Waals surface area contributed by atoms with E-state index in [2.05, 4.69) is 0 Å². The van der Waals surface area contributed by atoms with Crippen molar-refractivity contribution in [3.8, 4) is 6.07 Å². The number of aliphatic hydroxyl groups is 1. The van der Waals surface area contributed by atoms with Gasteiger partial charge in [-0.05, 0) is 36.4 Å². The molecule has 0 aliphatic rings. The molecule has 1 aromatic rings. The Morgan fingerprint density at radius 2 is 2.15 bits per heavy atom. The van der Waals surface area contributed by atoms with Crippen molar-refractivity contribution in [2.24, 2.45) is 0 Å². The van der Waals surface area contributed by atoms with Crippen LogP contribution in [-0.2, 0) is 11.3 Å². The zero-order valence-electron chi connectivity index (χ0n) is 10.3. The molecule has 0 heterocycles. The Hall–Kier alpha value is -1.72. The number of hydrogen-bond acceptors (Lipinski definition) is 5. The Bertz CT molecular complexity index is 552. The van der Waals surface area contributed by atoms with E-state index in [1.54, 1.807) is 13.0 Å². The maximum absolute atomic E-state index is 12.4. The molecule has 1 N–H and O–H groups in total. The molecule has 8 heteroatoms. The van der Waals surface area contributed by atoms with Crippen molar-refractivity contribution in [1.82, 2.24) is 0 Å². The van der Waals surface area contributed by atoms with Gasteiger partial charge in [-0.1, -0.05) is 0 Å². The Labute approximate surface area is 117 Å². The van der Waals surface area contributed by atoms with Gasteiger partial charge in [0.25, 0.3) is 0 Å². The summed E-state index contributed by atoms with van der Waals surface area (Å²) >= 11 is -0.448. The predicted molar refractivity (Wildman–Crippen MR) is 64.9 cm³/mol. The van der Waals surface area contributed by atoms with Gasteiger partial charge < -0.3 is 9.84 Å². The molecule has 0 fully saturated rings. The van der Waals surface area contributed by atoms with Crippen molar-refractivity contribution in [3.63, 3.8) is 0 Å². The first kappa shape index (κ1) is 16.3. The maximum atomic E-state index is 12.4. The van der Waals surface area contributed by atoms with Crippen molar-refractivity contribution in [2.75, 3.05) is 6.61 Å². The number of ether oxygens (including phenoxy) is 1. The molecule has 0 amide bonds. The Balaban J connectivity index is 3.31. The van der Waals surface area contributed by atoms with Crippen LogP contribution in [0.4, 0.5) is 13.2 Å². The van der Waals surface area contributed by atoms with E-state index in [4.69, 9.17) is 15.1 Å². The SMILES string of the molecule is CCOC(=O)c1cc(CO)c(SC(F)(F)F)cc1C#N. The third-order valence-corrected chi connectivity index (χ3v) is 3.04. The predicted octanol–water partition coefficient (Wildman–Crippen LogP) is 2.84. The third-order valence-electron chi connectivity index (χ3n) is 2.21. The third kappa shape index (κ3) is 4.15. The molecule has 0 unspecified atom stereocenters. The summed E-state index contributed by atoms with van der Waals surface area (Å²) in [6.07, 6.45) is 0. The highest BCUT2D eigenvalue weighted by molar-refractivity contribution is 8.00. The Morgan fingerprint density at radius 1 is 1.50 bits per heavy atom. The standard InChI is InChI=1S/C12H10F3NO3S/c1-2-19-11(18)9-3-8(6-17)10(4-7(9)5-16)20-12(13,14)15/h3-4,17H,2,6H2,1H3. The Morgan fingerprint density at radius 3 is 2.60 bits per heavy atom. The number of nitrogens with zero attached hydrogens (tertiary/aromatic N) is 1. The summed E-state index contributed by atoms with van der Waals surface area (Å²) in [5.41, 5.74) is -5.03. The van der Waals surface area contributed by atoms with Gasteiger partial charge >= 0.3 is 11.5 Å². The van der Waals surface area contributed by atoms with E-state index in [0.29, 0.717) is 0 Å². The van der Waals surface area contributed by atoms with Gasteiger partial charge in [0.1, 0.15) is 6.07 Å². The second-order valence-electron chi connectivity index (χ2n) is 3.54. The lowest BCUT2D eigenvalue weighted by molar-refractivity contribution is -0.0328. The van der Waals surface area contributed by atoms with Gasteiger partial charge in [-0.2, -0.15) is 18.4 Å². The fourth-order valence-corrected chi connectivity index (χ4v) is 2.12. The fraction of sp³-hybridized carbons (Fsp3) is 0.333. The highest BCUT2D eigenvalue weighted by atomic mass is 32.2. The normalized spacial score (nSPS) is 11.0. The van der Waals surface area contributed by atoms with Crippen LogP contribution in [0.3, 0.4) is 0 Å². The van der Waals surface area contributed by atoms with E-state index >= 15 is 0 Å². The van der Waals surface area contributed by atoms with Crippen LogP contribution in [0.2, 0.25) is 0 Å². The van der Waals surface area contributed by atoms with Crippen LogP contribution in [0.1, 0.15) is 28.4 Å². The number of rotatable bonds is 4. The minimum Gasteiger partial charge on any atom is -0.462 e. The molecule has 108 valence electrons. The molecule has 0 aromatic heterocycles. The summed E-state index contributed by atoms with van der Waals surface area (Å²) in [7, 11) is 0. The van der Waals surface area contributed by atoms with E-state index in [9.17, 15) is 18.0 Å². The van der Waals surface area contributed by atoms with Crippen LogP contribution in [0, 0.1) is 11.3 Å². The van der Waals surface area contributed by atoms with E-state index in [-0.39, 0.29) is 28.2 Å². The topological polar surface area (TPSA) is 70.3 Å². The van der Waals surface area contributed by atoms with Crippen molar-refractivity contribution in [1.29, 1.82) is 5.26 Å². The lowest BCUT2D eigenvalue weighted by Gasteiger charge is -2.12. The largest absolute Gasteiger partial charge is 0.462 e. The summed E-state index contributed by atoms with van der Waals surface area (Å²) < 4.78 is 41.9. The van der Waals surface area contributed by atoms with Gasteiger partial charge in [-0.25, -0.2) is 4.79 Å². The van der Waals surface area contributed by atoms with Gasteiger partial charge in [-0.3, -0.25) is 0 Å². The highest BCUT2D eigenvalue weighted by Gasteiger charge is 2.31. The van der Waals surface area contributed by atoms with E-state index in [1.807, 2.05) is 0 Å². The molecule has 4 nitrogen and oxygen atoms in total. The number of esters is 1. The van der Waals surface area contributed by atoms with E-state index in [1.165, 1.54) is 0 Å². The quantitative estimate of drug-likeness (QED) is 0.684. The molecular formula is C12H10F3NO3S. The average molecular weight is 305 g/mol. The molecular weight excluding hydrogens is 295 g/mol. The molecule has 0 radical (unpaired) electrons. The number of alkyl halides is 3. The van der Waals surface area contributed by atoms with Gasteiger partial charge in [0.05, 0.1) is 24.3 Å². The number of carbonyl (C=O) groups excluding carboxylic acids is 1. The molecule has 0 atom stereocenters. The van der Waals surface area contributed by atoms with E-state index in [0.717, 1.165) is 12.1 Å². The maximum Gasteiger partial charge on any atom is 0.446 e. The molecule has 20 heavy (non-hydrogen) atoms. The van der Waals surface area contributed by atoms with Gasteiger partial charge in [0.2, 0.25) is 0 Å². The highest BCUT2D eigenvalue weighted by Crippen LogP contribution is 2.39. The van der Waals surface area contributed by atoms with Crippen molar-refractivity contribution >= 4 is 17.7 Å². The molecule has 1 aromatic carbocycles. The number of hydrogen-bond donors (Lipinski definition) is 1. The molecule has 0 spiro atoms. The monoisotopic (exact) mass is 305 g/mol. The number of thioether (sulfide) groups is 1. The van der Waals surface area contributed by atoms with Crippen LogP contribution in [0.25, 0.3) is 0 Å². The van der Waals surface area contributed by atoms with Crippen LogP contribution in [0.15, 0.2) is 17.0 Å². The summed E-state index contributed by atoms with van der Waals surface area (Å²) in [5.74, 6) is -0.817. The summed E-state index contributed by atoms with van der Waals surface area (Å²) in [6.45, 7) is 0.943. The van der Waals surface area contributed by atoms with Gasteiger partial charge in [-0.15, -0.1) is 0 Å². The van der Waals surface area contributed by atoms with E-state index < -0.39 is 29.8 Å². The van der Waals surface area contributed by atoms with Crippen molar-refractivity contribution in [2.45, 2.75) is 23.9 Å². The zero-order valence-corrected chi connectivity index (χ0v) is 11.1. The summed E-state index contributed by atoms with van der Waals surface area (Å²) in [4.78, 5) is 11.3. The van der Waals surface area contributed by atoms with Crippen LogP contribution in [0.5, 0.6) is 0 Å². The molecule has 0 aliphatic carbocycles.